The minimum atomic E-state index is 0.255. The largest absolute Gasteiger partial charge is 0.496 e. The second-order valence-electron chi connectivity index (χ2n) is 8.61. The van der Waals surface area contributed by atoms with Gasteiger partial charge in [0.05, 0.1) is 7.11 Å². The topological polar surface area (TPSA) is 35.9 Å². The molecule has 1 saturated heterocycles. The molecule has 0 unspecified atom stereocenters. The van der Waals surface area contributed by atoms with E-state index in [0.29, 0.717) is 11.5 Å². The summed E-state index contributed by atoms with van der Waals surface area (Å²) in [6.07, 6.45) is 0.842. The zero-order valence-electron chi connectivity index (χ0n) is 16.9. The van der Waals surface area contributed by atoms with E-state index < -0.39 is 0 Å². The number of aliphatic hydroxyl groups excluding tert-OH is 1. The first-order chi connectivity index (χ1) is 11.7. The molecule has 0 amide bonds. The average molecular weight is 349 g/mol. The summed E-state index contributed by atoms with van der Waals surface area (Å²) in [5.41, 5.74) is 4.23. The van der Waals surface area contributed by atoms with E-state index in [1.54, 1.807) is 7.11 Å². The van der Waals surface area contributed by atoms with Crippen LogP contribution in [0, 0.1) is 19.3 Å². The highest BCUT2D eigenvalue weighted by molar-refractivity contribution is 5.43. The summed E-state index contributed by atoms with van der Waals surface area (Å²) < 4.78 is 5.44. The molecule has 1 aromatic rings. The van der Waals surface area contributed by atoms with E-state index in [1.165, 1.54) is 16.7 Å². The number of nitrogens with zero attached hydrogens (tertiary/aromatic N) is 2. The lowest BCUT2D eigenvalue weighted by Gasteiger charge is -2.43. The minimum absolute atomic E-state index is 0.255. The third-order valence-electron chi connectivity index (χ3n) is 5.29. The van der Waals surface area contributed by atoms with Crippen LogP contribution in [0.4, 0.5) is 0 Å². The van der Waals surface area contributed by atoms with Crippen molar-refractivity contribution < 1.29 is 9.84 Å². The Hall–Kier alpha value is -1.10. The van der Waals surface area contributed by atoms with Crippen LogP contribution >= 0.6 is 0 Å². The monoisotopic (exact) mass is 348 g/mol. The fraction of sp³-hybridized carbons (Fsp3) is 0.714. The number of benzene rings is 1. The molecule has 2 rings (SSSR count). The number of methoxy groups -OCH3 is 1. The Morgan fingerprint density at radius 2 is 1.88 bits per heavy atom. The molecule has 25 heavy (non-hydrogen) atoms. The van der Waals surface area contributed by atoms with Gasteiger partial charge in [-0.2, -0.15) is 0 Å². The maximum Gasteiger partial charge on any atom is 0.122 e. The Bertz CT molecular complexity index is 566. The van der Waals surface area contributed by atoms with Gasteiger partial charge in [0.25, 0.3) is 0 Å². The average Bonchev–Trinajstić information content (AvgIpc) is 2.53. The fourth-order valence-electron chi connectivity index (χ4n) is 3.87. The van der Waals surface area contributed by atoms with Gasteiger partial charge in [-0.25, -0.2) is 0 Å². The quantitative estimate of drug-likeness (QED) is 0.856. The molecular formula is C21H36N2O2. The van der Waals surface area contributed by atoms with Crippen molar-refractivity contribution in [2.75, 3.05) is 39.9 Å². The second-order valence-corrected chi connectivity index (χ2v) is 8.61. The number of ether oxygens (including phenoxy) is 1. The standard InChI is InChI=1S/C21H36N2O2/c1-16-17(2)20(25-6)8-7-18(16)13-23-11-10-22(15-21(3,4)5)14-19(23)9-12-24/h7-8,19,24H,9-15H2,1-6H3/t19-/m0/s1. The van der Waals surface area contributed by atoms with Crippen molar-refractivity contribution in [1.82, 2.24) is 9.80 Å². The van der Waals surface area contributed by atoms with Crippen LogP contribution in [-0.2, 0) is 6.54 Å². The second kappa shape index (κ2) is 8.52. The third kappa shape index (κ3) is 5.44. The van der Waals surface area contributed by atoms with Crippen LogP contribution in [0.1, 0.15) is 43.9 Å². The maximum absolute atomic E-state index is 9.53. The zero-order chi connectivity index (χ0) is 18.6. The maximum atomic E-state index is 9.53. The van der Waals surface area contributed by atoms with Gasteiger partial charge in [0.1, 0.15) is 5.75 Å². The predicted octanol–water partition coefficient (Wildman–Crippen LogP) is 3.23. The summed E-state index contributed by atoms with van der Waals surface area (Å²) >= 11 is 0. The zero-order valence-corrected chi connectivity index (χ0v) is 16.9. The summed E-state index contributed by atoms with van der Waals surface area (Å²) in [4.78, 5) is 5.10. The summed E-state index contributed by atoms with van der Waals surface area (Å²) in [6.45, 7) is 16.7. The molecule has 0 aromatic heterocycles. The minimum Gasteiger partial charge on any atom is -0.496 e. The van der Waals surface area contributed by atoms with Gasteiger partial charge in [0.15, 0.2) is 0 Å². The van der Waals surface area contributed by atoms with Crippen LogP contribution in [0.5, 0.6) is 5.75 Å². The van der Waals surface area contributed by atoms with Crippen molar-refractivity contribution >= 4 is 0 Å². The molecule has 4 heteroatoms. The molecule has 0 saturated carbocycles. The van der Waals surface area contributed by atoms with Gasteiger partial charge in [0.2, 0.25) is 0 Å². The lowest BCUT2D eigenvalue weighted by molar-refractivity contribution is 0.0380. The number of rotatable bonds is 6. The molecule has 142 valence electrons. The summed E-state index contributed by atoms with van der Waals surface area (Å²) in [5, 5.41) is 9.53. The normalized spacial score (nSPS) is 20.0. The molecule has 0 spiro atoms. The molecule has 1 aliphatic heterocycles. The SMILES string of the molecule is COc1ccc(CN2CCN(CC(C)(C)C)C[C@@H]2CCO)c(C)c1C. The molecule has 1 atom stereocenters. The van der Waals surface area contributed by atoms with Gasteiger partial charge in [-0.1, -0.05) is 26.8 Å². The van der Waals surface area contributed by atoms with E-state index in [2.05, 4.69) is 56.6 Å². The summed E-state index contributed by atoms with van der Waals surface area (Å²) in [6, 6.07) is 4.69. The first kappa shape index (κ1) is 20.2. The van der Waals surface area contributed by atoms with Crippen LogP contribution in [0.25, 0.3) is 0 Å². The lowest BCUT2D eigenvalue weighted by Crippen LogP contribution is -2.54. The molecule has 1 fully saturated rings. The Morgan fingerprint density at radius 1 is 1.16 bits per heavy atom. The molecule has 1 aliphatic rings. The van der Waals surface area contributed by atoms with E-state index in [0.717, 1.165) is 44.9 Å². The highest BCUT2D eigenvalue weighted by atomic mass is 16.5. The van der Waals surface area contributed by atoms with E-state index in [9.17, 15) is 5.11 Å². The van der Waals surface area contributed by atoms with Crippen LogP contribution in [0.15, 0.2) is 12.1 Å². The van der Waals surface area contributed by atoms with Gasteiger partial charge >= 0.3 is 0 Å². The Kier molecular flexibility index (Phi) is 6.89. The van der Waals surface area contributed by atoms with Crippen LogP contribution in [-0.4, -0.2) is 60.8 Å². The van der Waals surface area contributed by atoms with Crippen molar-refractivity contribution in [2.45, 2.75) is 53.6 Å². The lowest BCUT2D eigenvalue weighted by atomic mass is 9.94. The van der Waals surface area contributed by atoms with Crippen molar-refractivity contribution in [3.8, 4) is 5.75 Å². The van der Waals surface area contributed by atoms with Crippen molar-refractivity contribution in [3.63, 3.8) is 0 Å². The van der Waals surface area contributed by atoms with Gasteiger partial charge in [-0.05, 0) is 48.4 Å². The summed E-state index contributed by atoms with van der Waals surface area (Å²) in [7, 11) is 1.73. The van der Waals surface area contributed by atoms with Gasteiger partial charge in [-0.15, -0.1) is 0 Å². The van der Waals surface area contributed by atoms with Crippen molar-refractivity contribution in [1.29, 1.82) is 0 Å². The third-order valence-corrected chi connectivity index (χ3v) is 5.29. The highest BCUT2D eigenvalue weighted by Gasteiger charge is 2.29. The number of aliphatic hydroxyl groups is 1. The number of hydrogen-bond acceptors (Lipinski definition) is 4. The van der Waals surface area contributed by atoms with E-state index in [1.807, 2.05) is 0 Å². The van der Waals surface area contributed by atoms with Crippen molar-refractivity contribution in [2.24, 2.45) is 5.41 Å². The summed E-state index contributed by atoms with van der Waals surface area (Å²) in [5.74, 6) is 0.961. The molecule has 0 bridgehead atoms. The molecule has 1 aromatic carbocycles. The van der Waals surface area contributed by atoms with Crippen LogP contribution in [0.2, 0.25) is 0 Å². The van der Waals surface area contributed by atoms with Gasteiger partial charge < -0.3 is 9.84 Å². The van der Waals surface area contributed by atoms with Gasteiger partial charge in [-0.3, -0.25) is 9.80 Å². The molecular weight excluding hydrogens is 312 g/mol. The molecule has 4 nitrogen and oxygen atoms in total. The predicted molar refractivity (Wildman–Crippen MR) is 104 cm³/mol. The van der Waals surface area contributed by atoms with E-state index >= 15 is 0 Å². The molecule has 0 radical (unpaired) electrons. The molecule has 0 aliphatic carbocycles. The Balaban J connectivity index is 2.09. The first-order valence-corrected chi connectivity index (χ1v) is 9.45. The molecule has 1 heterocycles. The number of hydrogen-bond donors (Lipinski definition) is 1. The Labute approximate surface area is 153 Å². The van der Waals surface area contributed by atoms with Gasteiger partial charge in [0, 0.05) is 45.4 Å². The first-order valence-electron chi connectivity index (χ1n) is 9.45. The fourth-order valence-corrected chi connectivity index (χ4v) is 3.87. The molecule has 1 N–H and O–H groups in total. The van der Waals surface area contributed by atoms with Crippen molar-refractivity contribution in [3.05, 3.63) is 28.8 Å². The van der Waals surface area contributed by atoms with E-state index in [4.69, 9.17) is 4.74 Å². The smallest absolute Gasteiger partial charge is 0.122 e. The van der Waals surface area contributed by atoms with Crippen LogP contribution in [0.3, 0.4) is 0 Å². The van der Waals surface area contributed by atoms with Crippen LogP contribution < -0.4 is 4.74 Å². The Morgan fingerprint density at radius 3 is 2.48 bits per heavy atom. The number of piperazine rings is 1. The van der Waals surface area contributed by atoms with E-state index in [-0.39, 0.29) is 6.61 Å². The highest BCUT2D eigenvalue weighted by Crippen LogP contribution is 2.27.